The van der Waals surface area contributed by atoms with E-state index < -0.39 is 12.1 Å². The third-order valence-electron chi connectivity index (χ3n) is 6.65. The van der Waals surface area contributed by atoms with Crippen molar-refractivity contribution in [2.24, 2.45) is 11.7 Å². The van der Waals surface area contributed by atoms with Gasteiger partial charge in [0.05, 0.1) is 6.42 Å². The van der Waals surface area contributed by atoms with Gasteiger partial charge in [-0.05, 0) is 37.2 Å². The predicted octanol–water partition coefficient (Wildman–Crippen LogP) is 1.79. The van der Waals surface area contributed by atoms with Crippen LogP contribution in [-0.2, 0) is 16.1 Å². The lowest BCUT2D eigenvalue weighted by Gasteiger charge is -2.33. The first-order valence-electron chi connectivity index (χ1n) is 12.6. The van der Waals surface area contributed by atoms with Crippen LogP contribution in [-0.4, -0.2) is 72.4 Å². The Morgan fingerprint density at radius 2 is 1.64 bits per heavy atom. The highest BCUT2D eigenvalue weighted by Gasteiger charge is 2.29. The number of hydrogen-bond donors (Lipinski definition) is 5. The maximum absolute atomic E-state index is 13.3. The van der Waals surface area contributed by atoms with Crippen LogP contribution in [0.15, 0.2) is 30.3 Å². The maximum atomic E-state index is 13.3. The minimum atomic E-state index is -0.927. The number of carbonyl (C=O) groups is 3. The van der Waals surface area contributed by atoms with E-state index in [4.69, 9.17) is 11.1 Å². The number of amides is 4. The molecule has 3 rings (SSSR count). The van der Waals surface area contributed by atoms with Crippen molar-refractivity contribution in [1.29, 1.82) is 5.41 Å². The number of likely N-dealkylation sites (tertiary alicyclic amines) is 2. The number of nitrogens with two attached hydrogens (primary N) is 1. The van der Waals surface area contributed by atoms with E-state index in [-0.39, 0.29) is 42.5 Å². The standard InChI is InChI=1S/C25H39N7O3.ClH/c26-24(27)32-14-8-11-20(18-32)17-28-22(33)15-21(23(34)31-12-6-1-2-7-13-31)30-25(35)29-16-19-9-4-3-5-10-19;/h3-5,9-10,20-21H,1-2,6-8,11-18H2,(H3,26,27)(H,28,33)(H2,29,30,35);1H/t20-,21-;/m0./s1. The first kappa shape index (κ1) is 29.2. The Balaban J connectivity index is 0.00000456. The molecule has 2 aliphatic rings. The Labute approximate surface area is 219 Å². The van der Waals surface area contributed by atoms with Gasteiger partial charge < -0.3 is 31.5 Å². The summed E-state index contributed by atoms with van der Waals surface area (Å²) in [5.74, 6) is -0.243. The molecule has 0 aromatic heterocycles. The normalized spacial score (nSPS) is 18.7. The summed E-state index contributed by atoms with van der Waals surface area (Å²) in [6.45, 7) is 3.46. The summed E-state index contributed by atoms with van der Waals surface area (Å²) in [5.41, 5.74) is 6.56. The van der Waals surface area contributed by atoms with Gasteiger partial charge >= 0.3 is 6.03 Å². The van der Waals surface area contributed by atoms with Crippen LogP contribution >= 0.6 is 12.4 Å². The van der Waals surface area contributed by atoms with Crippen molar-refractivity contribution in [2.45, 2.75) is 57.5 Å². The summed E-state index contributed by atoms with van der Waals surface area (Å²) in [4.78, 5) is 42.3. The summed E-state index contributed by atoms with van der Waals surface area (Å²) in [5, 5.41) is 16.1. The summed E-state index contributed by atoms with van der Waals surface area (Å²) >= 11 is 0. The van der Waals surface area contributed by atoms with Gasteiger partial charge in [0.2, 0.25) is 11.8 Å². The summed E-state index contributed by atoms with van der Waals surface area (Å²) < 4.78 is 0. The van der Waals surface area contributed by atoms with E-state index >= 15 is 0 Å². The van der Waals surface area contributed by atoms with Crippen LogP contribution in [0.1, 0.15) is 50.5 Å². The third-order valence-corrected chi connectivity index (χ3v) is 6.65. The van der Waals surface area contributed by atoms with E-state index in [2.05, 4.69) is 16.0 Å². The van der Waals surface area contributed by atoms with Gasteiger partial charge in [0, 0.05) is 39.3 Å². The Morgan fingerprint density at radius 3 is 2.31 bits per heavy atom. The maximum Gasteiger partial charge on any atom is 0.315 e. The topological polar surface area (TPSA) is 144 Å². The smallest absolute Gasteiger partial charge is 0.315 e. The first-order chi connectivity index (χ1) is 16.9. The van der Waals surface area contributed by atoms with Crippen molar-refractivity contribution in [3.05, 3.63) is 35.9 Å². The average molecular weight is 522 g/mol. The van der Waals surface area contributed by atoms with Gasteiger partial charge in [0.1, 0.15) is 6.04 Å². The molecule has 36 heavy (non-hydrogen) atoms. The molecule has 0 spiro atoms. The number of rotatable bonds is 8. The quantitative estimate of drug-likeness (QED) is 0.262. The van der Waals surface area contributed by atoms with Crippen LogP contribution in [0, 0.1) is 11.3 Å². The Hall–Kier alpha value is -3.01. The highest BCUT2D eigenvalue weighted by atomic mass is 35.5. The van der Waals surface area contributed by atoms with Gasteiger partial charge in [-0.2, -0.15) is 0 Å². The van der Waals surface area contributed by atoms with Gasteiger partial charge in [-0.25, -0.2) is 4.79 Å². The van der Waals surface area contributed by atoms with Crippen LogP contribution in [0.25, 0.3) is 0 Å². The largest absolute Gasteiger partial charge is 0.370 e. The minimum Gasteiger partial charge on any atom is -0.370 e. The summed E-state index contributed by atoms with van der Waals surface area (Å²) in [7, 11) is 0. The van der Waals surface area contributed by atoms with Crippen molar-refractivity contribution in [3.8, 4) is 0 Å². The molecule has 0 bridgehead atoms. The minimum absolute atomic E-state index is 0. The average Bonchev–Trinajstić information content (AvgIpc) is 3.16. The molecular formula is C25H40ClN7O3. The molecule has 2 atom stereocenters. The zero-order valence-electron chi connectivity index (χ0n) is 20.8. The molecule has 1 aromatic carbocycles. The van der Waals surface area contributed by atoms with E-state index in [0.717, 1.165) is 50.6 Å². The number of piperidine rings is 1. The fourth-order valence-corrected chi connectivity index (χ4v) is 4.67. The van der Waals surface area contributed by atoms with E-state index in [9.17, 15) is 14.4 Å². The highest BCUT2D eigenvalue weighted by Crippen LogP contribution is 2.16. The molecule has 0 aliphatic carbocycles. The van der Waals surface area contributed by atoms with E-state index in [1.807, 2.05) is 35.2 Å². The fourth-order valence-electron chi connectivity index (χ4n) is 4.67. The van der Waals surface area contributed by atoms with Crippen LogP contribution in [0.3, 0.4) is 0 Å². The molecule has 4 amide bonds. The number of halogens is 1. The highest BCUT2D eigenvalue weighted by molar-refractivity contribution is 5.91. The van der Waals surface area contributed by atoms with Crippen LogP contribution in [0.4, 0.5) is 4.79 Å². The monoisotopic (exact) mass is 521 g/mol. The Morgan fingerprint density at radius 1 is 0.972 bits per heavy atom. The summed E-state index contributed by atoms with van der Waals surface area (Å²) in [6.07, 6.45) is 5.77. The van der Waals surface area contributed by atoms with Crippen LogP contribution in [0.2, 0.25) is 0 Å². The van der Waals surface area contributed by atoms with Gasteiger partial charge in [-0.15, -0.1) is 12.4 Å². The molecule has 2 saturated heterocycles. The van der Waals surface area contributed by atoms with E-state index in [1.165, 1.54) is 0 Å². The number of nitrogens with zero attached hydrogens (tertiary/aromatic N) is 2. The molecule has 11 heteroatoms. The molecular weight excluding hydrogens is 482 g/mol. The van der Waals surface area contributed by atoms with E-state index in [0.29, 0.717) is 32.7 Å². The molecule has 6 N–H and O–H groups in total. The van der Waals surface area contributed by atoms with Crippen molar-refractivity contribution in [1.82, 2.24) is 25.8 Å². The number of benzene rings is 1. The Kier molecular flexibility index (Phi) is 12.3. The lowest BCUT2D eigenvalue weighted by atomic mass is 9.98. The number of carbonyl (C=O) groups excluding carboxylic acids is 3. The van der Waals surface area contributed by atoms with Crippen LogP contribution in [0.5, 0.6) is 0 Å². The van der Waals surface area contributed by atoms with Gasteiger partial charge in [0.15, 0.2) is 5.96 Å². The van der Waals surface area contributed by atoms with Gasteiger partial charge in [0.25, 0.3) is 0 Å². The molecule has 1 aromatic rings. The molecule has 10 nitrogen and oxygen atoms in total. The molecule has 2 fully saturated rings. The Bertz CT molecular complexity index is 862. The van der Waals surface area contributed by atoms with Crippen LogP contribution < -0.4 is 21.7 Å². The summed E-state index contributed by atoms with van der Waals surface area (Å²) in [6, 6.07) is 8.11. The molecule has 2 aliphatic heterocycles. The second-order valence-electron chi connectivity index (χ2n) is 9.45. The lowest BCUT2D eigenvalue weighted by Crippen LogP contribution is -2.53. The van der Waals surface area contributed by atoms with E-state index in [1.54, 1.807) is 4.90 Å². The first-order valence-corrected chi connectivity index (χ1v) is 12.6. The molecule has 0 unspecified atom stereocenters. The number of nitrogens with one attached hydrogen (secondary N) is 4. The molecule has 0 radical (unpaired) electrons. The fraction of sp³-hybridized carbons (Fsp3) is 0.600. The zero-order chi connectivity index (χ0) is 25.0. The molecule has 0 saturated carbocycles. The molecule has 2 heterocycles. The number of guanidine groups is 1. The van der Waals surface area contributed by atoms with Crippen molar-refractivity contribution < 1.29 is 14.4 Å². The lowest BCUT2D eigenvalue weighted by molar-refractivity contribution is -0.135. The predicted molar refractivity (Wildman–Crippen MR) is 142 cm³/mol. The SMILES string of the molecule is Cl.N=C(N)N1CCC[C@@H](CNC(=O)C[C@H](NC(=O)NCc2ccccc2)C(=O)N2CCCCCC2)C1. The molecule has 200 valence electrons. The third kappa shape index (κ3) is 9.56. The zero-order valence-corrected chi connectivity index (χ0v) is 21.7. The van der Waals surface area contributed by atoms with Crippen molar-refractivity contribution in [3.63, 3.8) is 0 Å². The second kappa shape index (κ2) is 15.2. The van der Waals surface area contributed by atoms with Crippen molar-refractivity contribution in [2.75, 3.05) is 32.7 Å². The second-order valence-corrected chi connectivity index (χ2v) is 9.45. The van der Waals surface area contributed by atoms with Gasteiger partial charge in [-0.3, -0.25) is 15.0 Å². The van der Waals surface area contributed by atoms with Gasteiger partial charge in [-0.1, -0.05) is 43.2 Å². The number of hydrogen-bond acceptors (Lipinski definition) is 4. The number of urea groups is 1. The van der Waals surface area contributed by atoms with Crippen molar-refractivity contribution >= 4 is 36.2 Å².